The molecule has 3 fully saturated rings. The van der Waals surface area contributed by atoms with Gasteiger partial charge in [0.1, 0.15) is 6.10 Å². The van der Waals surface area contributed by atoms with Gasteiger partial charge in [-0.1, -0.05) is 18.2 Å². The zero-order valence-corrected chi connectivity index (χ0v) is 15.1. The monoisotopic (exact) mass is 330 g/mol. The highest BCUT2D eigenvalue weighted by Gasteiger charge is 2.52. The lowest BCUT2D eigenvalue weighted by Crippen LogP contribution is -2.41. The topological polar surface area (TPSA) is 36.9 Å². The molecule has 1 unspecified atom stereocenters. The molecule has 4 rings (SSSR count). The predicted molar refractivity (Wildman–Crippen MR) is 93.6 cm³/mol. The fourth-order valence-electron chi connectivity index (χ4n) is 3.43. The summed E-state index contributed by atoms with van der Waals surface area (Å²) in [7, 11) is -0.301. The number of ether oxygens (including phenoxy) is 2. The van der Waals surface area contributed by atoms with Crippen molar-refractivity contribution >= 4 is 12.6 Å². The Morgan fingerprint density at radius 2 is 1.67 bits per heavy atom. The normalized spacial score (nSPS) is 29.0. The summed E-state index contributed by atoms with van der Waals surface area (Å²) in [6.07, 6.45) is 2.57. The standard InChI is InChI=1S/C19H27BO4/c1-18(2)19(3,4)24-20(23-18)14-7-8-15(16(11-14)13-5-6-13)17-12-21-9-10-22-17/h7-8,11,13,17H,5-6,9-10,12H2,1-4H3. The molecule has 1 aromatic carbocycles. The molecule has 0 aromatic heterocycles. The summed E-state index contributed by atoms with van der Waals surface area (Å²) in [4.78, 5) is 0. The quantitative estimate of drug-likeness (QED) is 0.799. The lowest BCUT2D eigenvalue weighted by atomic mass is 9.77. The summed E-state index contributed by atoms with van der Waals surface area (Å²) in [5.41, 5.74) is 3.15. The molecule has 0 spiro atoms. The third-order valence-corrected chi connectivity index (χ3v) is 5.82. The predicted octanol–water partition coefficient (Wildman–Crippen LogP) is 2.95. The Balaban J connectivity index is 1.63. The second kappa shape index (κ2) is 5.84. The fourth-order valence-corrected chi connectivity index (χ4v) is 3.43. The van der Waals surface area contributed by atoms with E-state index in [0.717, 1.165) is 5.46 Å². The highest BCUT2D eigenvalue weighted by atomic mass is 16.7. The second-order valence-corrected chi connectivity index (χ2v) is 8.19. The first kappa shape index (κ1) is 16.6. The Labute approximate surface area is 145 Å². The van der Waals surface area contributed by atoms with Crippen LogP contribution in [0.2, 0.25) is 0 Å². The largest absolute Gasteiger partial charge is 0.494 e. The molecular formula is C19H27BO4. The van der Waals surface area contributed by atoms with Crippen molar-refractivity contribution in [3.63, 3.8) is 0 Å². The van der Waals surface area contributed by atoms with Gasteiger partial charge in [0, 0.05) is 0 Å². The lowest BCUT2D eigenvalue weighted by molar-refractivity contribution is -0.0904. The first-order valence-electron chi connectivity index (χ1n) is 9.06. The maximum atomic E-state index is 6.21. The van der Waals surface area contributed by atoms with E-state index in [-0.39, 0.29) is 24.4 Å². The Morgan fingerprint density at radius 3 is 2.25 bits per heavy atom. The van der Waals surface area contributed by atoms with Crippen LogP contribution in [0, 0.1) is 0 Å². The van der Waals surface area contributed by atoms with Crippen LogP contribution in [-0.4, -0.2) is 38.1 Å². The zero-order valence-electron chi connectivity index (χ0n) is 15.1. The molecule has 2 heterocycles. The number of hydrogen-bond acceptors (Lipinski definition) is 4. The summed E-state index contributed by atoms with van der Waals surface area (Å²) < 4.78 is 24.0. The van der Waals surface area contributed by atoms with E-state index in [1.54, 1.807) is 0 Å². The summed E-state index contributed by atoms with van der Waals surface area (Å²) in [6.45, 7) is 10.4. The van der Waals surface area contributed by atoms with Gasteiger partial charge in [-0.25, -0.2) is 0 Å². The first-order valence-corrected chi connectivity index (χ1v) is 9.06. The second-order valence-electron chi connectivity index (χ2n) is 8.19. The van der Waals surface area contributed by atoms with Crippen molar-refractivity contribution in [1.82, 2.24) is 0 Å². The van der Waals surface area contributed by atoms with Crippen LogP contribution in [0.15, 0.2) is 18.2 Å². The van der Waals surface area contributed by atoms with E-state index in [0.29, 0.717) is 25.7 Å². The maximum absolute atomic E-state index is 6.21. The molecule has 1 saturated carbocycles. The smallest absolute Gasteiger partial charge is 0.399 e. The lowest BCUT2D eigenvalue weighted by Gasteiger charge is -2.32. The van der Waals surface area contributed by atoms with Gasteiger partial charge in [-0.2, -0.15) is 0 Å². The van der Waals surface area contributed by atoms with Gasteiger partial charge in [-0.05, 0) is 63.0 Å². The van der Waals surface area contributed by atoms with Crippen molar-refractivity contribution in [2.24, 2.45) is 0 Å². The minimum atomic E-state index is -0.309. The van der Waals surface area contributed by atoms with Gasteiger partial charge in [-0.15, -0.1) is 0 Å². The zero-order chi connectivity index (χ0) is 16.9. The molecule has 1 aromatic rings. The summed E-state index contributed by atoms with van der Waals surface area (Å²) >= 11 is 0. The van der Waals surface area contributed by atoms with Crippen LogP contribution >= 0.6 is 0 Å². The minimum Gasteiger partial charge on any atom is -0.399 e. The van der Waals surface area contributed by atoms with E-state index in [9.17, 15) is 0 Å². The van der Waals surface area contributed by atoms with Gasteiger partial charge in [-0.3, -0.25) is 0 Å². The van der Waals surface area contributed by atoms with Crippen molar-refractivity contribution in [2.75, 3.05) is 19.8 Å². The number of rotatable bonds is 3. The molecule has 5 heteroatoms. The highest BCUT2D eigenvalue weighted by Crippen LogP contribution is 2.44. The molecule has 1 atom stereocenters. The molecule has 2 saturated heterocycles. The average Bonchev–Trinajstić information content (AvgIpc) is 3.35. The van der Waals surface area contributed by atoms with Gasteiger partial charge >= 0.3 is 7.12 Å². The summed E-state index contributed by atoms with van der Waals surface area (Å²) in [5.74, 6) is 0.646. The van der Waals surface area contributed by atoms with Gasteiger partial charge < -0.3 is 18.8 Å². The van der Waals surface area contributed by atoms with Crippen LogP contribution < -0.4 is 5.46 Å². The van der Waals surface area contributed by atoms with E-state index in [1.807, 2.05) is 0 Å². The van der Waals surface area contributed by atoms with Crippen LogP contribution in [0.4, 0.5) is 0 Å². The van der Waals surface area contributed by atoms with Crippen LogP contribution in [0.1, 0.15) is 63.7 Å². The summed E-state index contributed by atoms with van der Waals surface area (Å²) in [6, 6.07) is 6.59. The van der Waals surface area contributed by atoms with Crippen LogP contribution in [-0.2, 0) is 18.8 Å². The van der Waals surface area contributed by atoms with E-state index in [4.69, 9.17) is 18.8 Å². The summed E-state index contributed by atoms with van der Waals surface area (Å²) in [5, 5.41) is 0. The Bertz CT molecular complexity index is 602. The molecule has 1 aliphatic carbocycles. The molecule has 130 valence electrons. The molecule has 2 aliphatic heterocycles. The Kier molecular flexibility index (Phi) is 4.03. The van der Waals surface area contributed by atoms with Gasteiger partial charge in [0.15, 0.2) is 0 Å². The SMILES string of the molecule is CC1(C)OB(c2ccc(C3COCCO3)c(C3CC3)c2)OC1(C)C. The Hall–Kier alpha value is -0.875. The molecule has 0 N–H and O–H groups in total. The van der Waals surface area contributed by atoms with Crippen molar-refractivity contribution < 1.29 is 18.8 Å². The van der Waals surface area contributed by atoms with Crippen molar-refractivity contribution in [3.05, 3.63) is 29.3 Å². The molecule has 0 amide bonds. The van der Waals surface area contributed by atoms with Crippen LogP contribution in [0.5, 0.6) is 0 Å². The van der Waals surface area contributed by atoms with E-state index < -0.39 is 0 Å². The Morgan fingerprint density at radius 1 is 0.958 bits per heavy atom. The van der Waals surface area contributed by atoms with Crippen molar-refractivity contribution in [3.8, 4) is 0 Å². The van der Waals surface area contributed by atoms with Gasteiger partial charge in [0.05, 0.1) is 31.0 Å². The molecular weight excluding hydrogens is 303 g/mol. The van der Waals surface area contributed by atoms with Crippen molar-refractivity contribution in [2.45, 2.75) is 63.8 Å². The van der Waals surface area contributed by atoms with Gasteiger partial charge in [0.25, 0.3) is 0 Å². The molecule has 3 aliphatic rings. The van der Waals surface area contributed by atoms with Gasteiger partial charge in [0.2, 0.25) is 0 Å². The molecule has 24 heavy (non-hydrogen) atoms. The molecule has 0 radical (unpaired) electrons. The van der Waals surface area contributed by atoms with Crippen LogP contribution in [0.3, 0.4) is 0 Å². The first-order chi connectivity index (χ1) is 11.4. The third-order valence-electron chi connectivity index (χ3n) is 5.82. The fraction of sp³-hybridized carbons (Fsp3) is 0.684. The van der Waals surface area contributed by atoms with E-state index in [1.165, 1.54) is 24.0 Å². The van der Waals surface area contributed by atoms with E-state index in [2.05, 4.69) is 45.9 Å². The van der Waals surface area contributed by atoms with Crippen LogP contribution in [0.25, 0.3) is 0 Å². The number of hydrogen-bond donors (Lipinski definition) is 0. The average molecular weight is 330 g/mol. The molecule has 4 nitrogen and oxygen atoms in total. The minimum absolute atomic E-state index is 0.0571. The third kappa shape index (κ3) is 2.92. The maximum Gasteiger partial charge on any atom is 0.494 e. The molecule has 0 bridgehead atoms. The highest BCUT2D eigenvalue weighted by molar-refractivity contribution is 6.62. The van der Waals surface area contributed by atoms with Crippen molar-refractivity contribution in [1.29, 1.82) is 0 Å². The number of benzene rings is 1. The van der Waals surface area contributed by atoms with E-state index >= 15 is 0 Å².